The van der Waals surface area contributed by atoms with Crippen molar-refractivity contribution in [3.63, 3.8) is 0 Å². The molecule has 0 unspecified atom stereocenters. The van der Waals surface area contributed by atoms with Gasteiger partial charge in [0, 0.05) is 13.0 Å². The van der Waals surface area contributed by atoms with Gasteiger partial charge >= 0.3 is 0 Å². The second-order valence-electron chi connectivity index (χ2n) is 5.01. The number of hydrogen-bond acceptors (Lipinski definition) is 8. The van der Waals surface area contributed by atoms with E-state index in [1.165, 1.54) is 24.1 Å². The maximum atomic E-state index is 10.2. The minimum absolute atomic E-state index is 0.229. The summed E-state index contributed by atoms with van der Waals surface area (Å²) in [4.78, 5) is 8.05. The maximum Gasteiger partial charge on any atom is 0.219 e. The molecule has 0 spiro atoms. The SMILES string of the molecule is CO[C@@]1(c2cnc3c(N)ncnn23)O[C@H](CO)[C@@H](O)[C@@H]1C. The van der Waals surface area contributed by atoms with Crippen LogP contribution in [0, 0.1) is 5.92 Å². The van der Waals surface area contributed by atoms with Crippen LogP contribution in [-0.2, 0) is 15.3 Å². The van der Waals surface area contributed by atoms with E-state index in [9.17, 15) is 10.2 Å². The highest BCUT2D eigenvalue weighted by molar-refractivity contribution is 5.59. The summed E-state index contributed by atoms with van der Waals surface area (Å²) in [5.41, 5.74) is 6.62. The second kappa shape index (κ2) is 4.88. The Morgan fingerprint density at radius 2 is 2.29 bits per heavy atom. The van der Waals surface area contributed by atoms with Crippen molar-refractivity contribution in [3.8, 4) is 0 Å². The molecule has 0 aliphatic carbocycles. The summed E-state index contributed by atoms with van der Waals surface area (Å²) >= 11 is 0. The Balaban J connectivity index is 2.17. The van der Waals surface area contributed by atoms with Gasteiger partial charge in [0.25, 0.3) is 0 Å². The molecule has 3 rings (SSSR count). The Morgan fingerprint density at radius 3 is 2.90 bits per heavy atom. The van der Waals surface area contributed by atoms with Crippen LogP contribution in [0.25, 0.3) is 5.65 Å². The number of hydrogen-bond donors (Lipinski definition) is 3. The van der Waals surface area contributed by atoms with Gasteiger partial charge in [-0.1, -0.05) is 6.92 Å². The van der Waals surface area contributed by atoms with Crippen LogP contribution in [0.1, 0.15) is 12.6 Å². The van der Waals surface area contributed by atoms with Crippen LogP contribution in [0.4, 0.5) is 5.82 Å². The molecule has 0 saturated carbocycles. The summed E-state index contributed by atoms with van der Waals surface area (Å²) in [7, 11) is 1.47. The lowest BCUT2D eigenvalue weighted by Gasteiger charge is -2.30. The van der Waals surface area contributed by atoms with Gasteiger partial charge in [-0.15, -0.1) is 0 Å². The Kier molecular flexibility index (Phi) is 3.29. The molecule has 0 amide bonds. The van der Waals surface area contributed by atoms with Crippen LogP contribution >= 0.6 is 0 Å². The molecule has 0 aromatic carbocycles. The quantitative estimate of drug-likeness (QED) is 0.650. The first kappa shape index (κ1) is 14.1. The zero-order chi connectivity index (χ0) is 15.2. The molecule has 4 atom stereocenters. The number of fused-ring (bicyclic) bond motifs is 1. The minimum Gasteiger partial charge on any atom is -0.394 e. The molecule has 4 N–H and O–H groups in total. The van der Waals surface area contributed by atoms with Crippen LogP contribution < -0.4 is 5.73 Å². The predicted octanol–water partition coefficient (Wildman–Crippen LogP) is -1.11. The number of aliphatic hydroxyl groups is 2. The smallest absolute Gasteiger partial charge is 0.219 e. The van der Waals surface area contributed by atoms with Gasteiger partial charge in [0.2, 0.25) is 5.79 Å². The predicted molar refractivity (Wildman–Crippen MR) is 71.0 cm³/mol. The Morgan fingerprint density at radius 1 is 1.52 bits per heavy atom. The van der Waals surface area contributed by atoms with E-state index in [-0.39, 0.29) is 12.4 Å². The number of nitrogens with zero attached hydrogens (tertiary/aromatic N) is 4. The highest BCUT2D eigenvalue weighted by atomic mass is 16.7. The standard InChI is InChI=1S/C12H17N5O4/c1-6-9(19)7(4-18)21-12(6,20-2)8-3-14-11-10(13)15-5-16-17(8)11/h3,5-7,9,18-19H,4H2,1-2H3,(H2,13,15,16)/t6-,7+,9-,12+/m0/s1. The average molecular weight is 295 g/mol. The topological polar surface area (TPSA) is 128 Å². The van der Waals surface area contributed by atoms with Gasteiger partial charge in [-0.2, -0.15) is 5.10 Å². The Labute approximate surface area is 120 Å². The average Bonchev–Trinajstić information content (AvgIpc) is 3.03. The first-order valence-electron chi connectivity index (χ1n) is 6.51. The van der Waals surface area contributed by atoms with Crippen molar-refractivity contribution >= 4 is 11.5 Å². The van der Waals surface area contributed by atoms with Crippen molar-refractivity contribution in [1.82, 2.24) is 19.6 Å². The van der Waals surface area contributed by atoms with Gasteiger partial charge in [-0.05, 0) is 0 Å². The van der Waals surface area contributed by atoms with E-state index in [1.807, 2.05) is 0 Å². The second-order valence-corrected chi connectivity index (χ2v) is 5.01. The summed E-state index contributed by atoms with van der Waals surface area (Å²) in [6.07, 6.45) is 1.20. The summed E-state index contributed by atoms with van der Waals surface area (Å²) < 4.78 is 12.8. The number of aromatic nitrogens is 4. The van der Waals surface area contributed by atoms with E-state index >= 15 is 0 Å². The van der Waals surface area contributed by atoms with E-state index < -0.39 is 23.9 Å². The number of methoxy groups -OCH3 is 1. The maximum absolute atomic E-state index is 10.2. The van der Waals surface area contributed by atoms with Gasteiger partial charge in [0.15, 0.2) is 11.5 Å². The fraction of sp³-hybridized carbons (Fsp3) is 0.583. The Bertz CT molecular complexity index is 662. The molecule has 2 aromatic rings. The van der Waals surface area contributed by atoms with Gasteiger partial charge in [-0.25, -0.2) is 14.5 Å². The monoisotopic (exact) mass is 295 g/mol. The number of ether oxygens (including phenoxy) is 2. The number of nitrogens with two attached hydrogens (primary N) is 1. The normalized spacial score (nSPS) is 32.9. The van der Waals surface area contributed by atoms with Crippen molar-refractivity contribution in [3.05, 3.63) is 18.2 Å². The first-order chi connectivity index (χ1) is 10.0. The van der Waals surface area contributed by atoms with E-state index in [2.05, 4.69) is 15.1 Å². The lowest BCUT2D eigenvalue weighted by molar-refractivity contribution is -0.244. The van der Waals surface area contributed by atoms with Crippen molar-refractivity contribution < 1.29 is 19.7 Å². The molecule has 1 aliphatic heterocycles. The molecule has 9 heteroatoms. The van der Waals surface area contributed by atoms with Crippen molar-refractivity contribution in [1.29, 1.82) is 0 Å². The third-order valence-corrected chi connectivity index (χ3v) is 3.99. The van der Waals surface area contributed by atoms with Crippen molar-refractivity contribution in [2.45, 2.75) is 24.9 Å². The third-order valence-electron chi connectivity index (χ3n) is 3.99. The first-order valence-corrected chi connectivity index (χ1v) is 6.51. The molecular weight excluding hydrogens is 278 g/mol. The molecule has 21 heavy (non-hydrogen) atoms. The number of aliphatic hydroxyl groups excluding tert-OH is 2. The third kappa shape index (κ3) is 1.82. The summed E-state index contributed by atoms with van der Waals surface area (Å²) in [5, 5.41) is 23.6. The number of rotatable bonds is 3. The summed E-state index contributed by atoms with van der Waals surface area (Å²) in [6.45, 7) is 1.46. The molecule has 0 bridgehead atoms. The van der Waals surface area contributed by atoms with E-state index in [0.717, 1.165) is 0 Å². The molecular formula is C12H17N5O4. The largest absolute Gasteiger partial charge is 0.394 e. The Hall–Kier alpha value is -1.81. The van der Waals surface area contributed by atoms with Gasteiger partial charge < -0.3 is 25.4 Å². The summed E-state index contributed by atoms with van der Waals surface area (Å²) in [6, 6.07) is 0. The van der Waals surface area contributed by atoms with E-state index in [4.69, 9.17) is 15.2 Å². The highest BCUT2D eigenvalue weighted by Gasteiger charge is 2.55. The minimum atomic E-state index is -1.27. The molecule has 2 aromatic heterocycles. The fourth-order valence-electron chi connectivity index (χ4n) is 2.80. The lowest BCUT2D eigenvalue weighted by atomic mass is 9.93. The van der Waals surface area contributed by atoms with Crippen LogP contribution in [-0.4, -0.2) is 55.7 Å². The van der Waals surface area contributed by atoms with Crippen LogP contribution in [0.3, 0.4) is 0 Å². The number of anilines is 1. The number of nitrogen functional groups attached to an aromatic ring is 1. The van der Waals surface area contributed by atoms with Gasteiger partial charge in [-0.3, -0.25) is 0 Å². The molecule has 1 fully saturated rings. The van der Waals surface area contributed by atoms with Crippen LogP contribution in [0.5, 0.6) is 0 Å². The fourth-order valence-corrected chi connectivity index (χ4v) is 2.80. The molecule has 1 saturated heterocycles. The summed E-state index contributed by atoms with van der Waals surface area (Å²) in [5.74, 6) is -1.48. The van der Waals surface area contributed by atoms with E-state index in [0.29, 0.717) is 11.3 Å². The van der Waals surface area contributed by atoms with E-state index in [1.54, 1.807) is 6.92 Å². The highest BCUT2D eigenvalue weighted by Crippen LogP contribution is 2.44. The van der Waals surface area contributed by atoms with Crippen LogP contribution in [0.2, 0.25) is 0 Å². The molecule has 0 radical (unpaired) electrons. The number of imidazole rings is 1. The molecule has 1 aliphatic rings. The van der Waals surface area contributed by atoms with Gasteiger partial charge in [0.05, 0.1) is 18.9 Å². The molecule has 114 valence electrons. The zero-order valence-electron chi connectivity index (χ0n) is 11.7. The van der Waals surface area contributed by atoms with Crippen LogP contribution in [0.15, 0.2) is 12.5 Å². The molecule has 3 heterocycles. The van der Waals surface area contributed by atoms with Crippen molar-refractivity contribution in [2.24, 2.45) is 5.92 Å². The zero-order valence-corrected chi connectivity index (χ0v) is 11.7. The molecule has 9 nitrogen and oxygen atoms in total. The lowest BCUT2D eigenvalue weighted by Crippen LogP contribution is -2.37. The van der Waals surface area contributed by atoms with Crippen molar-refractivity contribution in [2.75, 3.05) is 19.5 Å². The van der Waals surface area contributed by atoms with Gasteiger partial charge in [0.1, 0.15) is 18.1 Å².